The highest BCUT2D eigenvalue weighted by atomic mass is 16.2. The largest absolute Gasteiger partial charge is 0.338 e. The molecular formula is C19H27N5O. The van der Waals surface area contributed by atoms with Crippen LogP contribution in [-0.2, 0) is 6.42 Å². The number of nitrogens with zero attached hydrogens (tertiary/aromatic N) is 3. The van der Waals surface area contributed by atoms with Crippen molar-refractivity contribution in [3.63, 3.8) is 0 Å². The van der Waals surface area contributed by atoms with Gasteiger partial charge in [-0.3, -0.25) is 10.1 Å². The van der Waals surface area contributed by atoms with Crippen LogP contribution in [0.4, 0.5) is 4.79 Å². The Hall–Kier alpha value is -2.37. The molecule has 2 aromatic rings. The molecule has 1 fully saturated rings. The number of amides is 2. The average Bonchev–Trinajstić information content (AvgIpc) is 2.90. The molecule has 134 valence electrons. The van der Waals surface area contributed by atoms with Crippen molar-refractivity contribution in [3.8, 4) is 0 Å². The van der Waals surface area contributed by atoms with Crippen LogP contribution < -0.4 is 5.32 Å². The second-order valence-corrected chi connectivity index (χ2v) is 6.69. The van der Waals surface area contributed by atoms with Gasteiger partial charge in [-0.2, -0.15) is 5.10 Å². The molecule has 1 saturated heterocycles. The maximum Gasteiger partial charge on any atom is 0.317 e. The monoisotopic (exact) mass is 341 g/mol. The fourth-order valence-corrected chi connectivity index (χ4v) is 3.49. The lowest BCUT2D eigenvalue weighted by Gasteiger charge is -2.30. The van der Waals surface area contributed by atoms with Crippen molar-refractivity contribution >= 4 is 6.03 Å². The molecule has 1 atom stereocenters. The van der Waals surface area contributed by atoms with Gasteiger partial charge in [-0.1, -0.05) is 12.8 Å². The Morgan fingerprint density at radius 1 is 1.32 bits per heavy atom. The molecule has 0 unspecified atom stereocenters. The van der Waals surface area contributed by atoms with E-state index in [1.807, 2.05) is 42.5 Å². The van der Waals surface area contributed by atoms with Crippen LogP contribution >= 0.6 is 0 Å². The summed E-state index contributed by atoms with van der Waals surface area (Å²) >= 11 is 0. The number of urea groups is 1. The Labute approximate surface area is 149 Å². The lowest BCUT2D eigenvalue weighted by atomic mass is 10.0. The maximum atomic E-state index is 12.7. The fourth-order valence-electron chi connectivity index (χ4n) is 3.49. The molecule has 3 heterocycles. The smallest absolute Gasteiger partial charge is 0.317 e. The van der Waals surface area contributed by atoms with E-state index in [0.29, 0.717) is 6.54 Å². The van der Waals surface area contributed by atoms with Crippen molar-refractivity contribution in [2.24, 2.45) is 0 Å². The zero-order valence-corrected chi connectivity index (χ0v) is 14.9. The normalized spacial score (nSPS) is 18.0. The summed E-state index contributed by atoms with van der Waals surface area (Å²) in [6.45, 7) is 3.53. The molecular weight excluding hydrogens is 314 g/mol. The molecule has 2 aromatic heterocycles. The Kier molecular flexibility index (Phi) is 6.04. The van der Waals surface area contributed by atoms with Gasteiger partial charge in [-0.25, -0.2) is 4.79 Å². The Morgan fingerprint density at radius 2 is 2.16 bits per heavy atom. The van der Waals surface area contributed by atoms with E-state index < -0.39 is 0 Å². The number of aromatic amines is 1. The summed E-state index contributed by atoms with van der Waals surface area (Å²) in [5.41, 5.74) is 3.51. The van der Waals surface area contributed by atoms with Gasteiger partial charge in [0.15, 0.2) is 0 Å². The highest BCUT2D eigenvalue weighted by molar-refractivity contribution is 5.74. The van der Waals surface area contributed by atoms with Gasteiger partial charge in [0, 0.05) is 31.2 Å². The van der Waals surface area contributed by atoms with Crippen molar-refractivity contribution < 1.29 is 4.79 Å². The minimum absolute atomic E-state index is 0.0487. The van der Waals surface area contributed by atoms with Crippen LogP contribution in [0.15, 0.2) is 30.7 Å². The Morgan fingerprint density at radius 3 is 2.92 bits per heavy atom. The summed E-state index contributed by atoms with van der Waals surface area (Å²) in [6, 6.07) is 4.25. The molecule has 0 radical (unpaired) electrons. The third kappa shape index (κ3) is 4.59. The molecule has 1 aliphatic heterocycles. The molecule has 0 bridgehead atoms. The van der Waals surface area contributed by atoms with E-state index in [1.54, 1.807) is 0 Å². The minimum Gasteiger partial charge on any atom is -0.338 e. The number of aromatic nitrogens is 3. The van der Waals surface area contributed by atoms with Crippen LogP contribution in [0, 0.1) is 6.92 Å². The highest BCUT2D eigenvalue weighted by Crippen LogP contribution is 2.29. The van der Waals surface area contributed by atoms with E-state index in [2.05, 4.69) is 20.5 Å². The summed E-state index contributed by atoms with van der Waals surface area (Å²) in [7, 11) is 0. The third-order valence-electron chi connectivity index (χ3n) is 4.94. The number of hydrogen-bond acceptors (Lipinski definition) is 3. The van der Waals surface area contributed by atoms with E-state index in [0.717, 1.165) is 44.3 Å². The van der Waals surface area contributed by atoms with Gasteiger partial charge in [0.2, 0.25) is 0 Å². The van der Waals surface area contributed by atoms with Crippen molar-refractivity contribution in [2.45, 2.75) is 51.5 Å². The summed E-state index contributed by atoms with van der Waals surface area (Å²) < 4.78 is 0. The minimum atomic E-state index is 0.0487. The number of hydrogen-bond donors (Lipinski definition) is 2. The van der Waals surface area contributed by atoms with Gasteiger partial charge in [0.05, 0.1) is 12.2 Å². The van der Waals surface area contributed by atoms with Crippen molar-refractivity contribution in [1.82, 2.24) is 25.4 Å². The van der Waals surface area contributed by atoms with Crippen LogP contribution in [0.5, 0.6) is 0 Å². The number of likely N-dealkylation sites (tertiary alicyclic amines) is 1. The highest BCUT2D eigenvalue weighted by Gasteiger charge is 2.26. The van der Waals surface area contributed by atoms with E-state index >= 15 is 0 Å². The van der Waals surface area contributed by atoms with Crippen LogP contribution in [0.1, 0.15) is 55.0 Å². The molecule has 0 aliphatic carbocycles. The van der Waals surface area contributed by atoms with Gasteiger partial charge in [0.25, 0.3) is 0 Å². The maximum absolute atomic E-state index is 12.7. The number of pyridine rings is 1. The molecule has 25 heavy (non-hydrogen) atoms. The van der Waals surface area contributed by atoms with Gasteiger partial charge in [-0.05, 0) is 55.9 Å². The van der Waals surface area contributed by atoms with Gasteiger partial charge >= 0.3 is 6.03 Å². The quantitative estimate of drug-likeness (QED) is 0.819. The first-order valence-corrected chi connectivity index (χ1v) is 9.19. The van der Waals surface area contributed by atoms with Gasteiger partial charge < -0.3 is 10.2 Å². The second kappa shape index (κ2) is 8.65. The predicted molar refractivity (Wildman–Crippen MR) is 97.2 cm³/mol. The van der Waals surface area contributed by atoms with Crippen LogP contribution in [0.3, 0.4) is 0 Å². The van der Waals surface area contributed by atoms with Gasteiger partial charge in [0.1, 0.15) is 0 Å². The lowest BCUT2D eigenvalue weighted by molar-refractivity contribution is 0.175. The molecule has 3 rings (SSSR count). The second-order valence-electron chi connectivity index (χ2n) is 6.69. The number of carbonyl (C=O) groups is 1. The van der Waals surface area contributed by atoms with E-state index in [1.165, 1.54) is 17.5 Å². The standard InChI is InChI=1S/C19H27N5O/c1-15-17(14-22-23-15)6-5-10-21-19(25)24-13-4-2-3-7-18(24)16-8-11-20-12-9-16/h8-9,11-12,14,18H,2-7,10,13H2,1H3,(H,21,25)(H,22,23)/t18-/m1/s1. The first-order valence-electron chi connectivity index (χ1n) is 9.19. The topological polar surface area (TPSA) is 73.9 Å². The molecule has 2 amide bonds. The number of aryl methyl sites for hydroxylation is 2. The first kappa shape index (κ1) is 17.5. The molecule has 0 spiro atoms. The predicted octanol–water partition coefficient (Wildman–Crippen LogP) is 3.37. The van der Waals surface area contributed by atoms with E-state index in [4.69, 9.17) is 0 Å². The third-order valence-corrected chi connectivity index (χ3v) is 4.94. The molecule has 0 aromatic carbocycles. The average molecular weight is 341 g/mol. The Bertz CT molecular complexity index is 669. The van der Waals surface area contributed by atoms with Gasteiger partial charge in [-0.15, -0.1) is 0 Å². The van der Waals surface area contributed by atoms with Crippen LogP contribution in [-0.4, -0.2) is 39.2 Å². The number of rotatable bonds is 5. The summed E-state index contributed by atoms with van der Waals surface area (Å²) in [5, 5.41) is 10.1. The zero-order valence-electron chi connectivity index (χ0n) is 14.9. The Balaban J connectivity index is 1.55. The van der Waals surface area contributed by atoms with Crippen molar-refractivity contribution in [3.05, 3.63) is 47.5 Å². The number of nitrogens with one attached hydrogen (secondary N) is 2. The van der Waals surface area contributed by atoms with Crippen LogP contribution in [0.25, 0.3) is 0 Å². The summed E-state index contributed by atoms with van der Waals surface area (Å²) in [6.07, 6.45) is 11.8. The molecule has 2 N–H and O–H groups in total. The first-order chi connectivity index (χ1) is 12.3. The lowest BCUT2D eigenvalue weighted by Crippen LogP contribution is -2.42. The van der Waals surface area contributed by atoms with E-state index in [9.17, 15) is 4.79 Å². The van der Waals surface area contributed by atoms with Crippen molar-refractivity contribution in [1.29, 1.82) is 0 Å². The summed E-state index contributed by atoms with van der Waals surface area (Å²) in [5.74, 6) is 0. The molecule has 1 aliphatic rings. The molecule has 0 saturated carbocycles. The van der Waals surface area contributed by atoms with Crippen molar-refractivity contribution in [2.75, 3.05) is 13.1 Å². The zero-order chi connectivity index (χ0) is 17.5. The number of carbonyl (C=O) groups excluding carboxylic acids is 1. The SMILES string of the molecule is Cc1[nH]ncc1CCCNC(=O)N1CCCCC[C@@H]1c1ccncc1. The van der Waals surface area contributed by atoms with E-state index in [-0.39, 0.29) is 12.1 Å². The fraction of sp³-hybridized carbons (Fsp3) is 0.526. The van der Waals surface area contributed by atoms with Crippen LogP contribution in [0.2, 0.25) is 0 Å². The number of H-pyrrole nitrogens is 1. The molecule has 6 nitrogen and oxygen atoms in total. The molecule has 6 heteroatoms. The summed E-state index contributed by atoms with van der Waals surface area (Å²) in [4.78, 5) is 18.8.